The van der Waals surface area contributed by atoms with Crippen molar-refractivity contribution in [2.75, 3.05) is 24.8 Å². The summed E-state index contributed by atoms with van der Waals surface area (Å²) in [6.07, 6.45) is 4.37. The third kappa shape index (κ3) is 5.25. The summed E-state index contributed by atoms with van der Waals surface area (Å²) < 4.78 is 11.4. The van der Waals surface area contributed by atoms with E-state index in [2.05, 4.69) is 11.6 Å². The fraction of sp³-hybridized carbons (Fsp3) is 0.350. The first kappa shape index (κ1) is 17.8. The van der Waals surface area contributed by atoms with Crippen LogP contribution in [-0.2, 0) is 10.5 Å². The Kier molecular flexibility index (Phi) is 6.36. The molecule has 1 fully saturated rings. The highest BCUT2D eigenvalue weighted by atomic mass is 32.2. The predicted molar refractivity (Wildman–Crippen MR) is 103 cm³/mol. The highest BCUT2D eigenvalue weighted by molar-refractivity contribution is 7.97. The second-order valence-corrected chi connectivity index (χ2v) is 6.93. The predicted octanol–water partition coefficient (Wildman–Crippen LogP) is 4.36. The molecule has 1 atom stereocenters. The van der Waals surface area contributed by atoms with E-state index in [1.165, 1.54) is 0 Å². The molecular weight excluding hydrogens is 334 g/mol. The number of carbonyl (C=O) groups excluding carboxylic acids is 1. The molecule has 1 heterocycles. The van der Waals surface area contributed by atoms with Crippen molar-refractivity contribution in [1.82, 2.24) is 0 Å². The molecule has 5 heteroatoms. The van der Waals surface area contributed by atoms with Gasteiger partial charge in [0.2, 0.25) is 0 Å². The molecule has 1 N–H and O–H groups in total. The molecule has 1 amide bonds. The van der Waals surface area contributed by atoms with Gasteiger partial charge >= 0.3 is 0 Å². The van der Waals surface area contributed by atoms with Crippen molar-refractivity contribution in [3.8, 4) is 5.75 Å². The topological polar surface area (TPSA) is 47.6 Å². The molecule has 3 rings (SSSR count). The number of amides is 1. The molecule has 1 unspecified atom stereocenters. The van der Waals surface area contributed by atoms with Gasteiger partial charge in [-0.25, -0.2) is 0 Å². The van der Waals surface area contributed by atoms with E-state index in [9.17, 15) is 4.79 Å². The minimum absolute atomic E-state index is 0.112. The zero-order chi connectivity index (χ0) is 17.5. The largest absolute Gasteiger partial charge is 0.491 e. The van der Waals surface area contributed by atoms with Crippen molar-refractivity contribution in [2.45, 2.75) is 24.7 Å². The quantitative estimate of drug-likeness (QED) is 0.800. The molecule has 0 saturated carbocycles. The van der Waals surface area contributed by atoms with Crippen LogP contribution in [0, 0.1) is 0 Å². The smallest absolute Gasteiger partial charge is 0.255 e. The van der Waals surface area contributed by atoms with Crippen LogP contribution in [0.5, 0.6) is 5.75 Å². The molecule has 0 radical (unpaired) electrons. The lowest BCUT2D eigenvalue weighted by Crippen LogP contribution is -2.16. The molecular formula is C20H23NO3S. The number of nitrogens with one attached hydrogen (secondary N) is 1. The van der Waals surface area contributed by atoms with Crippen molar-refractivity contribution in [3.63, 3.8) is 0 Å². The van der Waals surface area contributed by atoms with Gasteiger partial charge < -0.3 is 14.8 Å². The van der Waals surface area contributed by atoms with Crippen molar-refractivity contribution in [2.24, 2.45) is 0 Å². The second kappa shape index (κ2) is 8.92. The molecule has 25 heavy (non-hydrogen) atoms. The van der Waals surface area contributed by atoms with E-state index in [1.807, 2.05) is 48.5 Å². The van der Waals surface area contributed by atoms with E-state index in [1.54, 1.807) is 11.8 Å². The van der Waals surface area contributed by atoms with Crippen molar-refractivity contribution >= 4 is 23.4 Å². The maximum Gasteiger partial charge on any atom is 0.255 e. The first-order valence-corrected chi connectivity index (χ1v) is 9.87. The SMILES string of the molecule is CSCc1cccc(C(=O)Nc2cccc(OCC3CCCO3)c2)c1. The first-order chi connectivity index (χ1) is 12.2. The number of carbonyl (C=O) groups is 1. The van der Waals surface area contributed by atoms with Crippen LogP contribution in [0.25, 0.3) is 0 Å². The van der Waals surface area contributed by atoms with Crippen LogP contribution in [-0.4, -0.2) is 31.5 Å². The minimum atomic E-state index is -0.112. The lowest BCUT2D eigenvalue weighted by Gasteiger charge is -2.13. The molecule has 1 aliphatic heterocycles. The summed E-state index contributed by atoms with van der Waals surface area (Å²) in [6, 6.07) is 15.2. The van der Waals surface area contributed by atoms with Gasteiger partial charge in [0.05, 0.1) is 6.10 Å². The van der Waals surface area contributed by atoms with Gasteiger partial charge in [-0.3, -0.25) is 4.79 Å². The van der Waals surface area contributed by atoms with Gasteiger partial charge in [0, 0.05) is 29.7 Å². The van der Waals surface area contributed by atoms with Crippen molar-refractivity contribution < 1.29 is 14.3 Å². The number of ether oxygens (including phenoxy) is 2. The Bertz CT molecular complexity index is 714. The Morgan fingerprint density at radius 3 is 2.96 bits per heavy atom. The van der Waals surface area contributed by atoms with E-state index in [0.29, 0.717) is 12.2 Å². The average molecular weight is 357 g/mol. The fourth-order valence-corrected chi connectivity index (χ4v) is 3.31. The molecule has 0 spiro atoms. The normalized spacial score (nSPS) is 16.6. The molecule has 0 aliphatic carbocycles. The Balaban J connectivity index is 1.60. The second-order valence-electron chi connectivity index (χ2n) is 6.06. The van der Waals surface area contributed by atoms with Crippen LogP contribution in [0.15, 0.2) is 48.5 Å². The van der Waals surface area contributed by atoms with Gasteiger partial charge in [-0.15, -0.1) is 0 Å². The maximum atomic E-state index is 12.5. The Hall–Kier alpha value is -1.98. The van der Waals surface area contributed by atoms with Gasteiger partial charge in [-0.05, 0) is 48.9 Å². The monoisotopic (exact) mass is 357 g/mol. The van der Waals surface area contributed by atoms with E-state index in [0.717, 1.165) is 42.2 Å². The standard InChI is InChI=1S/C20H23NO3S/c1-25-14-15-5-2-6-16(11-15)20(22)21-17-7-3-8-18(12-17)24-13-19-9-4-10-23-19/h2-3,5-8,11-12,19H,4,9-10,13-14H2,1H3,(H,21,22). The number of hydrogen-bond acceptors (Lipinski definition) is 4. The van der Waals surface area contributed by atoms with E-state index < -0.39 is 0 Å². The molecule has 0 bridgehead atoms. The van der Waals surface area contributed by atoms with Crippen LogP contribution >= 0.6 is 11.8 Å². The van der Waals surface area contributed by atoms with E-state index >= 15 is 0 Å². The Morgan fingerprint density at radius 2 is 2.16 bits per heavy atom. The summed E-state index contributed by atoms with van der Waals surface area (Å²) in [5.41, 5.74) is 2.54. The van der Waals surface area contributed by atoms with Crippen molar-refractivity contribution in [3.05, 3.63) is 59.7 Å². The van der Waals surface area contributed by atoms with Gasteiger partial charge in [0.25, 0.3) is 5.91 Å². The summed E-state index contributed by atoms with van der Waals surface area (Å²) in [7, 11) is 0. The fourth-order valence-electron chi connectivity index (χ4n) is 2.80. The lowest BCUT2D eigenvalue weighted by molar-refractivity contribution is 0.0680. The van der Waals surface area contributed by atoms with Gasteiger partial charge in [-0.1, -0.05) is 18.2 Å². The number of rotatable bonds is 7. The Labute approximate surface area is 152 Å². The maximum absolute atomic E-state index is 12.5. The third-order valence-electron chi connectivity index (χ3n) is 4.05. The summed E-state index contributed by atoms with van der Waals surface area (Å²) in [5.74, 6) is 1.52. The molecule has 1 aliphatic rings. The first-order valence-electron chi connectivity index (χ1n) is 8.48. The summed E-state index contributed by atoms with van der Waals surface area (Å²) in [6.45, 7) is 1.37. The number of hydrogen-bond donors (Lipinski definition) is 1. The van der Waals surface area contributed by atoms with E-state index in [4.69, 9.17) is 9.47 Å². The van der Waals surface area contributed by atoms with Crippen LogP contribution in [0.2, 0.25) is 0 Å². The minimum Gasteiger partial charge on any atom is -0.491 e. The summed E-state index contributed by atoms with van der Waals surface area (Å²) in [5, 5.41) is 2.94. The zero-order valence-electron chi connectivity index (χ0n) is 14.4. The third-order valence-corrected chi connectivity index (χ3v) is 4.67. The van der Waals surface area contributed by atoms with Crippen LogP contribution in [0.1, 0.15) is 28.8 Å². The van der Waals surface area contributed by atoms with Gasteiger partial charge in [0.15, 0.2) is 0 Å². The highest BCUT2D eigenvalue weighted by Crippen LogP contribution is 2.20. The molecule has 0 aromatic heterocycles. The molecule has 2 aromatic carbocycles. The summed E-state index contributed by atoms with van der Waals surface area (Å²) in [4.78, 5) is 12.5. The molecule has 4 nitrogen and oxygen atoms in total. The highest BCUT2D eigenvalue weighted by Gasteiger charge is 2.16. The van der Waals surface area contributed by atoms with E-state index in [-0.39, 0.29) is 12.0 Å². The molecule has 132 valence electrons. The number of benzene rings is 2. The average Bonchev–Trinajstić information content (AvgIpc) is 3.14. The molecule has 1 saturated heterocycles. The lowest BCUT2D eigenvalue weighted by atomic mass is 10.1. The van der Waals surface area contributed by atoms with Gasteiger partial charge in [-0.2, -0.15) is 11.8 Å². The van der Waals surface area contributed by atoms with Crippen LogP contribution in [0.4, 0.5) is 5.69 Å². The zero-order valence-corrected chi connectivity index (χ0v) is 15.2. The Morgan fingerprint density at radius 1 is 1.28 bits per heavy atom. The van der Waals surface area contributed by atoms with Crippen molar-refractivity contribution in [1.29, 1.82) is 0 Å². The summed E-state index contributed by atoms with van der Waals surface area (Å²) >= 11 is 1.74. The molecule has 2 aromatic rings. The number of anilines is 1. The van der Waals surface area contributed by atoms with Gasteiger partial charge in [0.1, 0.15) is 12.4 Å². The van der Waals surface area contributed by atoms with Crippen LogP contribution in [0.3, 0.4) is 0 Å². The number of thioether (sulfide) groups is 1. The van der Waals surface area contributed by atoms with Crippen LogP contribution < -0.4 is 10.1 Å².